The molecule has 0 spiro atoms. The highest BCUT2D eigenvalue weighted by Gasteiger charge is 2.21. The molecule has 0 saturated carbocycles. The van der Waals surface area contributed by atoms with Crippen molar-refractivity contribution in [2.45, 2.75) is 32.1 Å². The van der Waals surface area contributed by atoms with E-state index in [1.807, 2.05) is 24.4 Å². The second-order valence-electron chi connectivity index (χ2n) is 9.03. The zero-order chi connectivity index (χ0) is 24.9. The van der Waals surface area contributed by atoms with Crippen molar-refractivity contribution in [1.29, 1.82) is 0 Å². The van der Waals surface area contributed by atoms with Gasteiger partial charge >= 0.3 is 0 Å². The van der Waals surface area contributed by atoms with Crippen molar-refractivity contribution in [2.24, 2.45) is 0 Å². The molecule has 1 aliphatic heterocycles. The number of ether oxygens (including phenoxy) is 1. The fraction of sp³-hybridized carbons (Fsp3) is 0.440. The number of amides is 1. The molecular formula is C25H31N7O3S. The molecule has 0 unspecified atom stereocenters. The van der Waals surface area contributed by atoms with Crippen molar-refractivity contribution in [3.8, 4) is 11.4 Å². The Balaban J connectivity index is 1.39. The average Bonchev–Trinajstić information content (AvgIpc) is 3.57. The summed E-state index contributed by atoms with van der Waals surface area (Å²) in [6.45, 7) is 3.91. The molecule has 5 rings (SSSR count). The van der Waals surface area contributed by atoms with Crippen LogP contribution in [0.5, 0.6) is 0 Å². The van der Waals surface area contributed by atoms with Gasteiger partial charge in [-0.15, -0.1) is 11.3 Å². The van der Waals surface area contributed by atoms with Gasteiger partial charge in [0.15, 0.2) is 11.6 Å². The van der Waals surface area contributed by atoms with Crippen molar-refractivity contribution in [2.75, 3.05) is 49.7 Å². The molecule has 190 valence electrons. The number of nitrogens with one attached hydrogen (secondary N) is 2. The molecule has 0 aliphatic carbocycles. The second kappa shape index (κ2) is 11.2. The van der Waals surface area contributed by atoms with E-state index in [1.165, 1.54) is 0 Å². The highest BCUT2D eigenvalue weighted by molar-refractivity contribution is 7.23. The van der Waals surface area contributed by atoms with Crippen LogP contribution in [0.4, 0.5) is 10.8 Å². The van der Waals surface area contributed by atoms with Gasteiger partial charge in [0.25, 0.3) is 0 Å². The second-order valence-corrected chi connectivity index (χ2v) is 10.1. The first kappa shape index (κ1) is 24.4. The minimum Gasteiger partial charge on any atom is -0.378 e. The number of nitrogens with zero attached hydrogens (tertiary/aromatic N) is 5. The average molecular weight is 510 g/mol. The molecule has 0 radical (unpaired) electrons. The Morgan fingerprint density at radius 2 is 2.06 bits per heavy atom. The minimum absolute atomic E-state index is 0.321. The van der Waals surface area contributed by atoms with Gasteiger partial charge in [-0.05, 0) is 25.0 Å². The van der Waals surface area contributed by atoms with Crippen molar-refractivity contribution in [1.82, 2.24) is 25.6 Å². The monoisotopic (exact) mass is 509 g/mol. The SMILES string of the molecule is CN(CCCCCCC(=O)NO)c1cc2nc(-c3cccc4[nH]ncc34)nc(N3CCOCC3)c2s1. The van der Waals surface area contributed by atoms with Crippen LogP contribution in [-0.4, -0.2) is 71.2 Å². The fourth-order valence-corrected chi connectivity index (χ4v) is 5.62. The molecule has 4 heterocycles. The number of carbonyl (C=O) groups is 1. The number of rotatable bonds is 10. The largest absolute Gasteiger partial charge is 0.378 e. The van der Waals surface area contributed by atoms with Crippen LogP contribution in [-0.2, 0) is 9.53 Å². The first-order valence-corrected chi connectivity index (χ1v) is 13.2. The minimum atomic E-state index is -0.321. The van der Waals surface area contributed by atoms with E-state index < -0.39 is 0 Å². The Hall–Kier alpha value is -3.28. The number of thiophene rings is 1. The normalized spacial score (nSPS) is 14.0. The number of benzene rings is 1. The lowest BCUT2D eigenvalue weighted by Crippen LogP contribution is -2.36. The number of anilines is 2. The topological polar surface area (TPSA) is 120 Å². The van der Waals surface area contributed by atoms with Gasteiger partial charge in [0, 0.05) is 44.1 Å². The molecule has 1 aliphatic rings. The van der Waals surface area contributed by atoms with E-state index in [9.17, 15) is 4.79 Å². The standard InChI is InChI=1S/C25H31N7O3S/c1-31(10-5-3-2-4-9-21(33)30-34)22-15-20-23(36-22)25(32-11-13-35-14-12-32)28-24(27-20)17-7-6-8-19-18(17)16-26-29-19/h6-8,15-16,34H,2-5,9-14H2,1H3,(H,26,29)(H,30,33). The Labute approximate surface area is 213 Å². The van der Waals surface area contributed by atoms with Gasteiger partial charge in [-0.2, -0.15) is 5.10 Å². The summed E-state index contributed by atoms with van der Waals surface area (Å²) >= 11 is 1.73. The predicted octanol–water partition coefficient (Wildman–Crippen LogP) is 3.96. The number of carbonyl (C=O) groups excluding carboxylic acids is 1. The molecule has 0 bridgehead atoms. The van der Waals surface area contributed by atoms with Crippen molar-refractivity contribution < 1.29 is 14.7 Å². The molecule has 4 aromatic rings. The third kappa shape index (κ3) is 5.28. The number of morpholine rings is 1. The van der Waals surface area contributed by atoms with Crippen LogP contribution in [0.1, 0.15) is 32.1 Å². The molecule has 3 N–H and O–H groups in total. The van der Waals surface area contributed by atoms with Gasteiger partial charge in [0.05, 0.1) is 40.1 Å². The maximum Gasteiger partial charge on any atom is 0.243 e. The van der Waals surface area contributed by atoms with E-state index in [1.54, 1.807) is 16.8 Å². The molecule has 1 saturated heterocycles. The van der Waals surface area contributed by atoms with Crippen LogP contribution >= 0.6 is 11.3 Å². The van der Waals surface area contributed by atoms with Gasteiger partial charge < -0.3 is 14.5 Å². The third-order valence-corrected chi connectivity index (χ3v) is 7.76. The van der Waals surface area contributed by atoms with Crippen LogP contribution in [0.15, 0.2) is 30.5 Å². The number of hydrogen-bond donors (Lipinski definition) is 3. The summed E-state index contributed by atoms with van der Waals surface area (Å²) in [5, 5.41) is 18.0. The maximum atomic E-state index is 11.1. The zero-order valence-electron chi connectivity index (χ0n) is 20.4. The van der Waals surface area contributed by atoms with Crippen LogP contribution in [0.3, 0.4) is 0 Å². The molecule has 1 fully saturated rings. The summed E-state index contributed by atoms with van der Waals surface area (Å²) < 4.78 is 6.69. The highest BCUT2D eigenvalue weighted by atomic mass is 32.1. The molecule has 36 heavy (non-hydrogen) atoms. The lowest BCUT2D eigenvalue weighted by molar-refractivity contribution is -0.129. The number of hydrogen-bond acceptors (Lipinski definition) is 9. The molecule has 1 amide bonds. The zero-order valence-corrected chi connectivity index (χ0v) is 21.2. The summed E-state index contributed by atoms with van der Waals surface area (Å²) in [6, 6.07) is 8.22. The smallest absolute Gasteiger partial charge is 0.243 e. The van der Waals surface area contributed by atoms with Gasteiger partial charge in [-0.3, -0.25) is 15.1 Å². The first-order valence-electron chi connectivity index (χ1n) is 12.3. The quantitative estimate of drug-likeness (QED) is 0.167. The highest BCUT2D eigenvalue weighted by Crippen LogP contribution is 2.39. The van der Waals surface area contributed by atoms with Crippen molar-refractivity contribution in [3.05, 3.63) is 30.5 Å². The van der Waals surface area contributed by atoms with Crippen molar-refractivity contribution in [3.63, 3.8) is 0 Å². The molecular weight excluding hydrogens is 478 g/mol. The number of fused-ring (bicyclic) bond motifs is 2. The molecule has 1 aromatic carbocycles. The summed E-state index contributed by atoms with van der Waals surface area (Å²) in [6.07, 6.45) is 6.00. The third-order valence-electron chi connectivity index (χ3n) is 6.53. The van der Waals surface area contributed by atoms with E-state index >= 15 is 0 Å². The predicted molar refractivity (Wildman–Crippen MR) is 142 cm³/mol. The number of H-pyrrole nitrogens is 1. The van der Waals surface area contributed by atoms with Gasteiger partial charge in [0.1, 0.15) is 0 Å². The number of hydroxylamine groups is 1. The van der Waals surface area contributed by atoms with Crippen molar-refractivity contribution >= 4 is 49.2 Å². The van der Waals surface area contributed by atoms with E-state index in [0.717, 1.165) is 82.8 Å². The first-order chi connectivity index (χ1) is 17.6. The Morgan fingerprint density at radius 1 is 1.22 bits per heavy atom. The van der Waals surface area contributed by atoms with Crippen LogP contribution in [0.25, 0.3) is 32.5 Å². The molecule has 3 aromatic heterocycles. The number of aromatic nitrogens is 4. The number of aromatic amines is 1. The Kier molecular flexibility index (Phi) is 7.59. The van der Waals surface area contributed by atoms with E-state index in [-0.39, 0.29) is 5.91 Å². The molecule has 0 atom stereocenters. The lowest BCUT2D eigenvalue weighted by atomic mass is 10.1. The summed E-state index contributed by atoms with van der Waals surface area (Å²) in [5.74, 6) is 1.35. The Morgan fingerprint density at radius 3 is 2.89 bits per heavy atom. The van der Waals surface area contributed by atoms with Gasteiger partial charge in [-0.25, -0.2) is 15.4 Å². The maximum absolute atomic E-state index is 11.1. The van der Waals surface area contributed by atoms with Gasteiger partial charge in [0.2, 0.25) is 5.91 Å². The number of unbranched alkanes of at least 4 members (excludes halogenated alkanes) is 3. The van der Waals surface area contributed by atoms with Crippen LogP contribution in [0.2, 0.25) is 0 Å². The lowest BCUT2D eigenvalue weighted by Gasteiger charge is -2.28. The molecule has 11 heteroatoms. The Bertz CT molecular complexity index is 1330. The van der Waals surface area contributed by atoms with Crippen LogP contribution in [0, 0.1) is 0 Å². The summed E-state index contributed by atoms with van der Waals surface area (Å²) in [4.78, 5) is 25.8. The van der Waals surface area contributed by atoms with E-state index in [0.29, 0.717) is 25.5 Å². The summed E-state index contributed by atoms with van der Waals surface area (Å²) in [7, 11) is 2.11. The fourth-order valence-electron chi connectivity index (χ4n) is 4.52. The van der Waals surface area contributed by atoms with E-state index in [2.05, 4.69) is 33.1 Å². The van der Waals surface area contributed by atoms with Gasteiger partial charge in [-0.1, -0.05) is 25.0 Å². The summed E-state index contributed by atoms with van der Waals surface area (Å²) in [5.41, 5.74) is 4.57. The van der Waals surface area contributed by atoms with Crippen LogP contribution < -0.4 is 15.3 Å². The van der Waals surface area contributed by atoms with E-state index in [4.69, 9.17) is 19.9 Å². The molecule has 10 nitrogen and oxygen atoms in total.